The van der Waals surface area contributed by atoms with E-state index in [0.29, 0.717) is 11.3 Å². The van der Waals surface area contributed by atoms with Crippen LogP contribution in [-0.4, -0.2) is 61.4 Å². The summed E-state index contributed by atoms with van der Waals surface area (Å²) in [6.45, 7) is 0.385. The molecule has 3 unspecified atom stereocenters. The van der Waals surface area contributed by atoms with E-state index >= 15 is 0 Å². The molecular formula is C33H32ClF6N3O6. The average molecular weight is 716 g/mol. The molecule has 3 aromatic rings. The molecule has 0 saturated carbocycles. The van der Waals surface area contributed by atoms with E-state index in [2.05, 4.69) is 10.6 Å². The van der Waals surface area contributed by atoms with Crippen LogP contribution in [0.15, 0.2) is 72.8 Å². The highest BCUT2D eigenvalue weighted by molar-refractivity contribution is 6.30. The Morgan fingerprint density at radius 3 is 2.06 bits per heavy atom. The first-order chi connectivity index (χ1) is 22.9. The fourth-order valence-electron chi connectivity index (χ4n) is 4.47. The molecule has 9 nitrogen and oxygen atoms in total. The van der Waals surface area contributed by atoms with Crippen LogP contribution in [0.2, 0.25) is 5.02 Å². The molecule has 0 aliphatic heterocycles. The first-order valence-corrected chi connectivity index (χ1v) is 15.0. The minimum absolute atomic E-state index is 0.0866. The lowest BCUT2D eigenvalue weighted by Gasteiger charge is -2.28. The van der Waals surface area contributed by atoms with Gasteiger partial charge >= 0.3 is 12.1 Å². The standard InChI is InChI=1S/C33H32ClF6N3O6/c1-18(2)26(28(44)33(39,40)31(47)41-17-32(36,37)38)42-30(46)27(20-10-12-23(48-3)13-11-20)43-29(45)25(15-19-6-4-8-22(35)14-19)49-24-9-5-7-21(34)16-24/h4-14,16,18,25-27H,15,17H2,1-3H3,(H,41,47)(H,42,46)(H,43,45). The van der Waals surface area contributed by atoms with Crippen molar-refractivity contribution in [3.63, 3.8) is 0 Å². The molecule has 0 heterocycles. The van der Waals surface area contributed by atoms with Gasteiger partial charge in [-0.25, -0.2) is 4.39 Å². The highest BCUT2D eigenvalue weighted by Gasteiger charge is 2.52. The van der Waals surface area contributed by atoms with Crippen molar-refractivity contribution >= 4 is 35.1 Å². The molecule has 0 radical (unpaired) electrons. The largest absolute Gasteiger partial charge is 0.497 e. The van der Waals surface area contributed by atoms with Crippen LogP contribution < -0.4 is 25.4 Å². The second-order valence-electron chi connectivity index (χ2n) is 11.1. The Morgan fingerprint density at radius 1 is 0.837 bits per heavy atom. The van der Waals surface area contributed by atoms with Crippen molar-refractivity contribution < 1.29 is 55.0 Å². The summed E-state index contributed by atoms with van der Waals surface area (Å²) < 4.78 is 92.2. The molecule has 0 aliphatic carbocycles. The first-order valence-electron chi connectivity index (χ1n) is 14.6. The Labute approximate surface area is 282 Å². The van der Waals surface area contributed by atoms with E-state index in [4.69, 9.17) is 21.1 Å². The molecule has 0 aromatic heterocycles. The molecule has 3 N–H and O–H groups in total. The van der Waals surface area contributed by atoms with Gasteiger partial charge in [-0.05, 0) is 59.5 Å². The summed E-state index contributed by atoms with van der Waals surface area (Å²) in [6.07, 6.45) is -6.66. The molecule has 3 rings (SSSR count). The normalized spacial score (nSPS) is 13.5. The summed E-state index contributed by atoms with van der Waals surface area (Å²) in [7, 11) is 1.37. The third kappa shape index (κ3) is 11.1. The predicted molar refractivity (Wildman–Crippen MR) is 166 cm³/mol. The number of ether oxygens (including phenoxy) is 2. The van der Waals surface area contributed by atoms with Crippen molar-refractivity contribution in [2.75, 3.05) is 13.7 Å². The van der Waals surface area contributed by atoms with Crippen LogP contribution in [0.4, 0.5) is 26.3 Å². The van der Waals surface area contributed by atoms with E-state index in [-0.39, 0.29) is 22.8 Å². The van der Waals surface area contributed by atoms with Crippen LogP contribution >= 0.6 is 11.6 Å². The maximum atomic E-state index is 14.8. The summed E-state index contributed by atoms with van der Waals surface area (Å²) in [5.74, 6) is -13.0. The zero-order valence-electron chi connectivity index (χ0n) is 26.2. The Hall–Kier alpha value is -4.79. The number of hydrogen-bond acceptors (Lipinski definition) is 6. The molecule has 0 saturated heterocycles. The van der Waals surface area contributed by atoms with Crippen LogP contribution in [0.5, 0.6) is 11.5 Å². The predicted octanol–water partition coefficient (Wildman–Crippen LogP) is 5.36. The fourth-order valence-corrected chi connectivity index (χ4v) is 4.65. The van der Waals surface area contributed by atoms with Gasteiger partial charge in [0.15, 0.2) is 6.10 Å². The van der Waals surface area contributed by atoms with E-state index in [1.807, 2.05) is 0 Å². The minimum atomic E-state index is -5.03. The molecule has 3 atom stereocenters. The Bertz CT molecular complexity index is 1590. The van der Waals surface area contributed by atoms with Gasteiger partial charge < -0.3 is 25.4 Å². The van der Waals surface area contributed by atoms with Gasteiger partial charge in [-0.2, -0.15) is 22.0 Å². The highest BCUT2D eigenvalue weighted by Crippen LogP contribution is 2.25. The van der Waals surface area contributed by atoms with E-state index in [1.54, 1.807) is 12.1 Å². The number of rotatable bonds is 15. The smallest absolute Gasteiger partial charge is 0.405 e. The molecule has 0 bridgehead atoms. The number of amides is 3. The molecule has 3 aromatic carbocycles. The summed E-state index contributed by atoms with van der Waals surface area (Å²) in [6, 6.07) is 13.1. The number of methoxy groups -OCH3 is 1. The maximum Gasteiger partial charge on any atom is 0.405 e. The van der Waals surface area contributed by atoms with Crippen molar-refractivity contribution in [1.82, 2.24) is 16.0 Å². The summed E-state index contributed by atoms with van der Waals surface area (Å²) >= 11 is 6.06. The number of nitrogens with one attached hydrogen (secondary N) is 3. The monoisotopic (exact) mass is 715 g/mol. The quantitative estimate of drug-likeness (QED) is 0.144. The molecule has 49 heavy (non-hydrogen) atoms. The number of Topliss-reactive ketones (excluding diaryl/α,β-unsaturated/α-hetero) is 1. The van der Waals surface area contributed by atoms with E-state index < -0.39 is 72.1 Å². The van der Waals surface area contributed by atoms with Crippen LogP contribution in [0, 0.1) is 11.7 Å². The Kier molecular flexibility index (Phi) is 13.1. The number of carbonyl (C=O) groups excluding carboxylic acids is 4. The lowest BCUT2D eigenvalue weighted by atomic mass is 9.94. The third-order valence-corrected chi connectivity index (χ3v) is 7.20. The van der Waals surface area contributed by atoms with Gasteiger partial charge in [0, 0.05) is 11.4 Å². The SMILES string of the molecule is COc1ccc(C(NC(=O)C(Cc2cccc(F)c2)Oc2cccc(Cl)c2)C(=O)NC(C(=O)C(F)(F)C(=O)NCC(F)(F)F)C(C)C)cc1. The number of halogens is 7. The molecule has 3 amide bonds. The van der Waals surface area contributed by atoms with Crippen molar-refractivity contribution in [3.05, 3.63) is 94.8 Å². The van der Waals surface area contributed by atoms with Crippen molar-refractivity contribution in [1.29, 1.82) is 0 Å². The van der Waals surface area contributed by atoms with Crippen molar-refractivity contribution in [3.8, 4) is 11.5 Å². The average Bonchev–Trinajstić information content (AvgIpc) is 3.03. The second kappa shape index (κ2) is 16.5. The lowest BCUT2D eigenvalue weighted by molar-refractivity contribution is -0.165. The third-order valence-electron chi connectivity index (χ3n) is 6.97. The van der Waals surface area contributed by atoms with E-state index in [9.17, 15) is 45.5 Å². The number of hydrogen-bond donors (Lipinski definition) is 3. The van der Waals surface area contributed by atoms with Crippen molar-refractivity contribution in [2.24, 2.45) is 5.92 Å². The number of carbonyl (C=O) groups is 4. The first kappa shape index (κ1) is 38.7. The summed E-state index contributed by atoms with van der Waals surface area (Å²) in [4.78, 5) is 52.3. The number of benzene rings is 3. The Balaban J connectivity index is 1.95. The minimum Gasteiger partial charge on any atom is -0.497 e. The lowest BCUT2D eigenvalue weighted by Crippen LogP contribution is -2.58. The van der Waals surface area contributed by atoms with Crippen LogP contribution in [0.1, 0.15) is 31.0 Å². The van der Waals surface area contributed by atoms with Gasteiger partial charge in [0.1, 0.15) is 29.9 Å². The van der Waals surface area contributed by atoms with Crippen LogP contribution in [0.25, 0.3) is 0 Å². The second-order valence-corrected chi connectivity index (χ2v) is 11.5. The number of ketones is 1. The van der Waals surface area contributed by atoms with Gasteiger partial charge in [-0.15, -0.1) is 0 Å². The molecule has 0 fully saturated rings. The van der Waals surface area contributed by atoms with Crippen LogP contribution in [0.3, 0.4) is 0 Å². The van der Waals surface area contributed by atoms with Gasteiger partial charge in [-0.1, -0.05) is 55.8 Å². The van der Waals surface area contributed by atoms with Gasteiger partial charge in [0.05, 0.1) is 13.2 Å². The fraction of sp³-hybridized carbons (Fsp3) is 0.333. The molecule has 0 spiro atoms. The molecular weight excluding hydrogens is 684 g/mol. The summed E-state index contributed by atoms with van der Waals surface area (Å²) in [5, 5.41) is 5.83. The van der Waals surface area contributed by atoms with Gasteiger partial charge in [0.25, 0.3) is 11.8 Å². The van der Waals surface area contributed by atoms with Gasteiger partial charge in [-0.3, -0.25) is 19.2 Å². The zero-order valence-corrected chi connectivity index (χ0v) is 27.0. The summed E-state index contributed by atoms with van der Waals surface area (Å²) in [5.41, 5.74) is 0.424. The van der Waals surface area contributed by atoms with Crippen LogP contribution in [-0.2, 0) is 25.6 Å². The van der Waals surface area contributed by atoms with E-state index in [0.717, 1.165) is 5.32 Å². The Morgan fingerprint density at radius 2 is 1.49 bits per heavy atom. The van der Waals surface area contributed by atoms with Crippen molar-refractivity contribution in [2.45, 2.75) is 50.6 Å². The molecule has 264 valence electrons. The van der Waals surface area contributed by atoms with E-state index in [1.165, 1.54) is 81.6 Å². The van der Waals surface area contributed by atoms with Gasteiger partial charge in [0.2, 0.25) is 11.7 Å². The highest BCUT2D eigenvalue weighted by atomic mass is 35.5. The maximum absolute atomic E-state index is 14.8. The topological polar surface area (TPSA) is 123 Å². The number of alkyl halides is 5. The zero-order chi connectivity index (χ0) is 36.5. The molecule has 0 aliphatic rings. The molecule has 16 heteroatoms.